The maximum absolute atomic E-state index is 6.47. The van der Waals surface area contributed by atoms with Gasteiger partial charge in [0, 0.05) is 19.0 Å². The summed E-state index contributed by atoms with van der Waals surface area (Å²) in [7, 11) is 0. The molecule has 0 aromatic heterocycles. The van der Waals surface area contributed by atoms with Gasteiger partial charge in [-0.15, -0.1) is 12.4 Å². The molecule has 0 bridgehead atoms. The Kier molecular flexibility index (Phi) is 3.77. The number of hydrogen-bond donors (Lipinski definition) is 1. The molecule has 3 rings (SSSR count). The van der Waals surface area contributed by atoms with Crippen LogP contribution in [-0.4, -0.2) is 13.1 Å². The van der Waals surface area contributed by atoms with E-state index in [0.29, 0.717) is 11.3 Å². The van der Waals surface area contributed by atoms with Gasteiger partial charge in [0.25, 0.3) is 0 Å². The van der Waals surface area contributed by atoms with Crippen LogP contribution < -0.4 is 5.32 Å². The first-order chi connectivity index (χ1) is 8.15. The van der Waals surface area contributed by atoms with Gasteiger partial charge in [0.2, 0.25) is 0 Å². The van der Waals surface area contributed by atoms with E-state index in [1.165, 1.54) is 17.5 Å². The zero-order chi connectivity index (χ0) is 12.0. The minimum absolute atomic E-state index is 0. The van der Waals surface area contributed by atoms with E-state index in [2.05, 4.69) is 31.0 Å². The fourth-order valence-corrected chi connectivity index (χ4v) is 3.77. The smallest absolute Gasteiger partial charge is 0.0513 e. The summed E-state index contributed by atoms with van der Waals surface area (Å²) in [6.07, 6.45) is 4.19. The Morgan fingerprint density at radius 3 is 3.00 bits per heavy atom. The van der Waals surface area contributed by atoms with Crippen molar-refractivity contribution in [2.45, 2.75) is 25.7 Å². The first-order valence-corrected chi connectivity index (χ1v) is 6.68. The Morgan fingerprint density at radius 2 is 2.28 bits per heavy atom. The van der Waals surface area contributed by atoms with Crippen LogP contribution in [0.15, 0.2) is 18.7 Å². The second-order valence-corrected chi connectivity index (χ2v) is 5.96. The molecule has 2 atom stereocenters. The summed E-state index contributed by atoms with van der Waals surface area (Å²) < 4.78 is 0. The van der Waals surface area contributed by atoms with Crippen molar-refractivity contribution in [2.75, 3.05) is 13.1 Å². The molecule has 1 aliphatic heterocycles. The Balaban J connectivity index is 0.00000120. The summed E-state index contributed by atoms with van der Waals surface area (Å²) in [6, 6.07) is 4.37. The van der Waals surface area contributed by atoms with Crippen LogP contribution in [0.5, 0.6) is 0 Å². The molecular weight excluding hydrogens is 265 g/mol. The van der Waals surface area contributed by atoms with Crippen molar-refractivity contribution in [2.24, 2.45) is 5.41 Å². The van der Waals surface area contributed by atoms with E-state index < -0.39 is 0 Å². The van der Waals surface area contributed by atoms with E-state index in [-0.39, 0.29) is 12.4 Å². The number of halogens is 2. The molecule has 1 aliphatic carbocycles. The lowest BCUT2D eigenvalue weighted by molar-refractivity contribution is 0.277. The fraction of sp³-hybridized carbons (Fsp3) is 0.467. The van der Waals surface area contributed by atoms with Crippen molar-refractivity contribution < 1.29 is 0 Å². The van der Waals surface area contributed by atoms with Crippen molar-refractivity contribution >= 4 is 30.1 Å². The van der Waals surface area contributed by atoms with E-state index in [1.54, 1.807) is 0 Å². The van der Waals surface area contributed by atoms with Gasteiger partial charge >= 0.3 is 0 Å². The molecular formula is C15H19Cl2N. The third kappa shape index (κ3) is 1.89. The Hall–Kier alpha value is -0.500. The lowest BCUT2D eigenvalue weighted by Gasteiger charge is -2.37. The first kappa shape index (κ1) is 13.9. The van der Waals surface area contributed by atoms with E-state index in [1.807, 2.05) is 6.08 Å². The van der Waals surface area contributed by atoms with Gasteiger partial charge in [0.1, 0.15) is 0 Å². The van der Waals surface area contributed by atoms with Crippen LogP contribution in [0.2, 0.25) is 5.02 Å². The molecule has 0 unspecified atom stereocenters. The SMILES string of the molecule is C=Cc1ccc2c(c1Cl)CC[C@]1(C)CNC[C@H]21.Cl. The average Bonchev–Trinajstić information content (AvgIpc) is 2.71. The molecule has 18 heavy (non-hydrogen) atoms. The van der Waals surface area contributed by atoms with Crippen LogP contribution in [0, 0.1) is 5.41 Å². The second-order valence-electron chi connectivity index (χ2n) is 5.58. The lowest BCUT2D eigenvalue weighted by Crippen LogP contribution is -2.30. The van der Waals surface area contributed by atoms with Crippen molar-refractivity contribution in [3.05, 3.63) is 40.4 Å². The molecule has 1 saturated heterocycles. The number of rotatable bonds is 1. The molecule has 3 heteroatoms. The van der Waals surface area contributed by atoms with Crippen molar-refractivity contribution in [1.29, 1.82) is 0 Å². The van der Waals surface area contributed by atoms with E-state index in [4.69, 9.17) is 11.6 Å². The Bertz CT molecular complexity index is 484. The number of benzene rings is 1. The van der Waals surface area contributed by atoms with Crippen LogP contribution in [0.1, 0.15) is 36.0 Å². The van der Waals surface area contributed by atoms with Crippen molar-refractivity contribution in [3.8, 4) is 0 Å². The van der Waals surface area contributed by atoms with Crippen LogP contribution >= 0.6 is 24.0 Å². The molecule has 1 aromatic rings. The van der Waals surface area contributed by atoms with Gasteiger partial charge in [-0.3, -0.25) is 0 Å². The highest BCUT2D eigenvalue weighted by Gasteiger charge is 2.43. The van der Waals surface area contributed by atoms with Gasteiger partial charge in [0.05, 0.1) is 5.02 Å². The van der Waals surface area contributed by atoms with Crippen LogP contribution in [-0.2, 0) is 6.42 Å². The molecule has 1 aromatic carbocycles. The van der Waals surface area contributed by atoms with Crippen LogP contribution in [0.3, 0.4) is 0 Å². The summed E-state index contributed by atoms with van der Waals surface area (Å²) in [4.78, 5) is 0. The number of nitrogens with one attached hydrogen (secondary N) is 1. The molecule has 0 amide bonds. The zero-order valence-corrected chi connectivity index (χ0v) is 12.2. The van der Waals surface area contributed by atoms with Gasteiger partial charge < -0.3 is 5.32 Å². The Morgan fingerprint density at radius 1 is 1.50 bits per heavy atom. The molecule has 1 heterocycles. The minimum atomic E-state index is 0. The summed E-state index contributed by atoms with van der Waals surface area (Å²) in [5.41, 5.74) is 4.31. The highest BCUT2D eigenvalue weighted by molar-refractivity contribution is 6.33. The third-order valence-corrected chi connectivity index (χ3v) is 5.02. The van der Waals surface area contributed by atoms with E-state index >= 15 is 0 Å². The van der Waals surface area contributed by atoms with Gasteiger partial charge in [-0.1, -0.05) is 43.3 Å². The molecule has 0 saturated carbocycles. The predicted octanol–water partition coefficient (Wildman–Crippen LogP) is 4.04. The van der Waals surface area contributed by atoms with E-state index in [9.17, 15) is 0 Å². The molecule has 0 spiro atoms. The Labute approximate surface area is 120 Å². The highest BCUT2D eigenvalue weighted by atomic mass is 35.5. The number of fused-ring (bicyclic) bond motifs is 3. The molecule has 98 valence electrons. The van der Waals surface area contributed by atoms with Gasteiger partial charge in [0.15, 0.2) is 0 Å². The summed E-state index contributed by atoms with van der Waals surface area (Å²) in [5.74, 6) is 0.627. The van der Waals surface area contributed by atoms with Gasteiger partial charge in [-0.2, -0.15) is 0 Å². The second kappa shape index (κ2) is 4.88. The topological polar surface area (TPSA) is 12.0 Å². The van der Waals surface area contributed by atoms with Gasteiger partial charge in [-0.25, -0.2) is 0 Å². The van der Waals surface area contributed by atoms with Crippen molar-refractivity contribution in [3.63, 3.8) is 0 Å². The van der Waals surface area contributed by atoms with Crippen LogP contribution in [0.4, 0.5) is 0 Å². The normalized spacial score (nSPS) is 29.1. The van der Waals surface area contributed by atoms with E-state index in [0.717, 1.165) is 30.1 Å². The zero-order valence-electron chi connectivity index (χ0n) is 10.6. The first-order valence-electron chi connectivity index (χ1n) is 6.30. The largest absolute Gasteiger partial charge is 0.316 e. The van der Waals surface area contributed by atoms with Crippen molar-refractivity contribution in [1.82, 2.24) is 5.32 Å². The highest BCUT2D eigenvalue weighted by Crippen LogP contribution is 2.49. The van der Waals surface area contributed by atoms with Gasteiger partial charge in [-0.05, 0) is 34.9 Å². The molecule has 2 aliphatic rings. The molecule has 1 nitrogen and oxygen atoms in total. The molecule has 1 N–H and O–H groups in total. The van der Waals surface area contributed by atoms with Crippen LogP contribution in [0.25, 0.3) is 6.08 Å². The summed E-state index contributed by atoms with van der Waals surface area (Å²) in [6.45, 7) is 8.45. The number of hydrogen-bond acceptors (Lipinski definition) is 1. The predicted molar refractivity (Wildman–Crippen MR) is 80.8 cm³/mol. The summed E-state index contributed by atoms with van der Waals surface area (Å²) >= 11 is 6.47. The molecule has 0 radical (unpaired) electrons. The summed E-state index contributed by atoms with van der Waals surface area (Å²) in [5, 5.41) is 4.45. The monoisotopic (exact) mass is 283 g/mol. The lowest BCUT2D eigenvalue weighted by atomic mass is 9.67. The third-order valence-electron chi connectivity index (χ3n) is 4.57. The quantitative estimate of drug-likeness (QED) is 0.820. The maximum Gasteiger partial charge on any atom is 0.0513 e. The standard InChI is InChI=1S/C15H18ClN.ClH/c1-3-10-4-5-11-12(14(10)16)6-7-15(2)9-17-8-13(11)15;/h3-5,13,17H,1,6-9H2,2H3;1H/t13-,15-;/m1./s1. The fourth-order valence-electron chi connectivity index (χ4n) is 3.42. The maximum atomic E-state index is 6.47. The minimum Gasteiger partial charge on any atom is -0.316 e. The average molecular weight is 284 g/mol. The molecule has 1 fully saturated rings.